The fourth-order valence-electron chi connectivity index (χ4n) is 2.49. The van der Waals surface area contributed by atoms with Crippen LogP contribution in [-0.4, -0.2) is 21.9 Å². The van der Waals surface area contributed by atoms with Crippen LogP contribution in [0.3, 0.4) is 0 Å². The molecule has 5 heteroatoms. The van der Waals surface area contributed by atoms with Gasteiger partial charge in [-0.05, 0) is 12.1 Å². The molecule has 0 amide bonds. The standard InChI is InChI=1S/C19H16N4O/c1-23-18(14-8-4-3-5-9-14)21-22-19(23)16(13-20)12-15-10-6-7-11-17(15)24-2/h3-12H,1-2H3. The van der Waals surface area contributed by atoms with Crippen LogP contribution < -0.4 is 4.74 Å². The molecule has 118 valence electrons. The summed E-state index contributed by atoms with van der Waals surface area (Å²) >= 11 is 0. The summed E-state index contributed by atoms with van der Waals surface area (Å²) in [7, 11) is 3.46. The van der Waals surface area contributed by atoms with E-state index in [4.69, 9.17) is 4.74 Å². The molecule has 0 atom stereocenters. The Morgan fingerprint density at radius 1 is 1.08 bits per heavy atom. The highest BCUT2D eigenvalue weighted by atomic mass is 16.5. The van der Waals surface area contributed by atoms with Crippen LogP contribution in [0.25, 0.3) is 23.0 Å². The lowest BCUT2D eigenvalue weighted by Crippen LogP contribution is -1.98. The number of nitriles is 1. The highest BCUT2D eigenvalue weighted by Crippen LogP contribution is 2.25. The molecule has 0 unspecified atom stereocenters. The van der Waals surface area contributed by atoms with E-state index in [0.29, 0.717) is 23.0 Å². The van der Waals surface area contributed by atoms with E-state index in [0.717, 1.165) is 11.1 Å². The third kappa shape index (κ3) is 2.90. The van der Waals surface area contributed by atoms with Crippen molar-refractivity contribution in [1.29, 1.82) is 5.26 Å². The zero-order valence-electron chi connectivity index (χ0n) is 13.5. The lowest BCUT2D eigenvalue weighted by Gasteiger charge is -2.06. The number of allylic oxidation sites excluding steroid dienone is 1. The van der Waals surface area contributed by atoms with Crippen LogP contribution in [-0.2, 0) is 7.05 Å². The number of methoxy groups -OCH3 is 1. The lowest BCUT2D eigenvalue weighted by atomic mass is 10.1. The topological polar surface area (TPSA) is 63.7 Å². The Morgan fingerprint density at radius 3 is 2.50 bits per heavy atom. The summed E-state index contributed by atoms with van der Waals surface area (Å²) in [5.74, 6) is 1.93. The fraction of sp³-hybridized carbons (Fsp3) is 0.105. The SMILES string of the molecule is COc1ccccc1C=C(C#N)c1nnc(-c2ccccc2)n1C. The molecule has 0 N–H and O–H groups in total. The smallest absolute Gasteiger partial charge is 0.174 e. The number of aromatic nitrogens is 3. The molecule has 1 heterocycles. The van der Waals surface area contributed by atoms with E-state index in [1.54, 1.807) is 13.2 Å². The van der Waals surface area contributed by atoms with Crippen LogP contribution in [0.15, 0.2) is 54.6 Å². The molecular formula is C19H16N4O. The quantitative estimate of drug-likeness (QED) is 0.690. The molecule has 0 aliphatic heterocycles. The molecule has 0 saturated carbocycles. The van der Waals surface area contributed by atoms with E-state index in [2.05, 4.69) is 16.3 Å². The second-order valence-corrected chi connectivity index (χ2v) is 5.18. The van der Waals surface area contributed by atoms with Crippen molar-refractivity contribution in [3.63, 3.8) is 0 Å². The molecule has 0 radical (unpaired) electrons. The zero-order chi connectivity index (χ0) is 16.9. The Morgan fingerprint density at radius 2 is 1.79 bits per heavy atom. The minimum absolute atomic E-state index is 0.427. The number of ether oxygens (including phenoxy) is 1. The average molecular weight is 316 g/mol. The van der Waals surface area contributed by atoms with Gasteiger partial charge in [-0.2, -0.15) is 5.26 Å². The summed E-state index contributed by atoms with van der Waals surface area (Å²) in [6.07, 6.45) is 1.76. The van der Waals surface area contributed by atoms with Gasteiger partial charge in [-0.3, -0.25) is 0 Å². The number of benzene rings is 2. The number of rotatable bonds is 4. The Labute approximate surface area is 140 Å². The maximum absolute atomic E-state index is 9.57. The maximum Gasteiger partial charge on any atom is 0.174 e. The Hall–Kier alpha value is -3.39. The van der Waals surface area contributed by atoms with Gasteiger partial charge in [0.05, 0.1) is 12.7 Å². The van der Waals surface area contributed by atoms with Crippen LogP contribution in [0.4, 0.5) is 0 Å². The maximum atomic E-state index is 9.57. The molecule has 5 nitrogen and oxygen atoms in total. The van der Waals surface area contributed by atoms with Gasteiger partial charge in [0.1, 0.15) is 11.8 Å². The van der Waals surface area contributed by atoms with E-state index in [1.165, 1.54) is 0 Å². The first-order chi connectivity index (χ1) is 11.7. The van der Waals surface area contributed by atoms with E-state index >= 15 is 0 Å². The van der Waals surface area contributed by atoms with Crippen LogP contribution >= 0.6 is 0 Å². The van der Waals surface area contributed by atoms with Crippen molar-refractivity contribution in [3.05, 3.63) is 66.0 Å². The molecule has 24 heavy (non-hydrogen) atoms. The molecule has 0 fully saturated rings. The molecule has 1 aromatic heterocycles. The van der Waals surface area contributed by atoms with Gasteiger partial charge in [0.2, 0.25) is 0 Å². The molecule has 2 aromatic carbocycles. The van der Waals surface area contributed by atoms with Crippen LogP contribution in [0.5, 0.6) is 5.75 Å². The van der Waals surface area contributed by atoms with Crippen molar-refractivity contribution in [2.24, 2.45) is 7.05 Å². The molecule has 0 aliphatic carbocycles. The van der Waals surface area contributed by atoms with E-state index in [1.807, 2.05) is 66.2 Å². The molecular weight excluding hydrogens is 300 g/mol. The summed E-state index contributed by atoms with van der Waals surface area (Å²) < 4.78 is 7.15. The second kappa shape index (κ2) is 6.80. The van der Waals surface area contributed by atoms with Gasteiger partial charge in [0, 0.05) is 18.2 Å². The van der Waals surface area contributed by atoms with Crippen molar-refractivity contribution in [2.45, 2.75) is 0 Å². The lowest BCUT2D eigenvalue weighted by molar-refractivity contribution is 0.414. The normalized spacial score (nSPS) is 11.1. The highest BCUT2D eigenvalue weighted by molar-refractivity contribution is 5.88. The minimum Gasteiger partial charge on any atom is -0.496 e. The van der Waals surface area contributed by atoms with E-state index in [9.17, 15) is 5.26 Å². The van der Waals surface area contributed by atoms with Crippen LogP contribution in [0.2, 0.25) is 0 Å². The Kier molecular flexibility index (Phi) is 4.39. The van der Waals surface area contributed by atoms with Gasteiger partial charge in [-0.15, -0.1) is 10.2 Å². The Balaban J connectivity index is 2.06. The second-order valence-electron chi connectivity index (χ2n) is 5.18. The van der Waals surface area contributed by atoms with Gasteiger partial charge < -0.3 is 9.30 Å². The van der Waals surface area contributed by atoms with Gasteiger partial charge in [0.25, 0.3) is 0 Å². The van der Waals surface area contributed by atoms with E-state index in [-0.39, 0.29) is 0 Å². The van der Waals surface area contributed by atoms with Crippen molar-refractivity contribution >= 4 is 11.6 Å². The summed E-state index contributed by atoms with van der Waals surface area (Å²) in [6, 6.07) is 19.5. The molecule has 3 rings (SSSR count). The summed E-state index contributed by atoms with van der Waals surface area (Å²) in [5, 5.41) is 18.0. The summed E-state index contributed by atoms with van der Waals surface area (Å²) in [6.45, 7) is 0. The molecule has 0 saturated heterocycles. The first-order valence-electron chi connectivity index (χ1n) is 7.44. The van der Waals surface area contributed by atoms with Crippen LogP contribution in [0.1, 0.15) is 11.4 Å². The van der Waals surface area contributed by atoms with Gasteiger partial charge in [-0.25, -0.2) is 0 Å². The van der Waals surface area contributed by atoms with Crippen molar-refractivity contribution in [1.82, 2.24) is 14.8 Å². The number of nitrogens with zero attached hydrogens (tertiary/aromatic N) is 4. The van der Waals surface area contributed by atoms with Gasteiger partial charge in [-0.1, -0.05) is 48.5 Å². The Bertz CT molecular complexity index is 920. The first-order valence-corrected chi connectivity index (χ1v) is 7.44. The number of para-hydroxylation sites is 1. The van der Waals surface area contributed by atoms with Crippen molar-refractivity contribution < 1.29 is 4.74 Å². The number of hydrogen-bond acceptors (Lipinski definition) is 4. The monoisotopic (exact) mass is 316 g/mol. The molecule has 0 spiro atoms. The van der Waals surface area contributed by atoms with Gasteiger partial charge in [0.15, 0.2) is 11.6 Å². The predicted molar refractivity (Wildman–Crippen MR) is 92.9 cm³/mol. The third-order valence-corrected chi connectivity index (χ3v) is 3.71. The number of hydrogen-bond donors (Lipinski definition) is 0. The van der Waals surface area contributed by atoms with Gasteiger partial charge >= 0.3 is 0 Å². The minimum atomic E-state index is 0.427. The summed E-state index contributed by atoms with van der Waals surface area (Å²) in [5.41, 5.74) is 2.20. The van der Waals surface area contributed by atoms with Crippen molar-refractivity contribution in [2.75, 3.05) is 7.11 Å². The average Bonchev–Trinajstić information content (AvgIpc) is 3.02. The zero-order valence-corrected chi connectivity index (χ0v) is 13.5. The highest BCUT2D eigenvalue weighted by Gasteiger charge is 2.14. The largest absolute Gasteiger partial charge is 0.496 e. The van der Waals surface area contributed by atoms with Crippen molar-refractivity contribution in [3.8, 4) is 23.2 Å². The predicted octanol–water partition coefficient (Wildman–Crippen LogP) is 3.55. The molecule has 0 bridgehead atoms. The van der Waals surface area contributed by atoms with E-state index < -0.39 is 0 Å². The third-order valence-electron chi connectivity index (χ3n) is 3.71. The van der Waals surface area contributed by atoms with Crippen LogP contribution in [0, 0.1) is 11.3 Å². The first kappa shape index (κ1) is 15.5. The summed E-state index contributed by atoms with van der Waals surface area (Å²) in [4.78, 5) is 0. The molecule has 0 aliphatic rings. The fourth-order valence-corrected chi connectivity index (χ4v) is 2.49. The molecule has 3 aromatic rings.